The minimum atomic E-state index is -4.07. The molecule has 0 radical (unpaired) electrons. The van der Waals surface area contributed by atoms with Crippen molar-refractivity contribution in [2.24, 2.45) is 0 Å². The summed E-state index contributed by atoms with van der Waals surface area (Å²) < 4.78 is 29.0. The quantitative estimate of drug-likeness (QED) is 0.608. The summed E-state index contributed by atoms with van der Waals surface area (Å²) >= 11 is 0. The highest BCUT2D eigenvalue weighted by atomic mass is 32.2. The third-order valence-corrected chi connectivity index (χ3v) is 3.62. The molecule has 0 spiro atoms. The zero-order valence-corrected chi connectivity index (χ0v) is 9.56. The second kappa shape index (κ2) is 4.54. The van der Waals surface area contributed by atoms with E-state index in [1.807, 2.05) is 0 Å². The maximum Gasteiger partial charge on any atom is 0.355 e. The molecule has 0 aliphatic carbocycles. The van der Waals surface area contributed by atoms with Gasteiger partial charge in [-0.1, -0.05) is 0 Å². The summed E-state index contributed by atoms with van der Waals surface area (Å²) in [5.74, 6) is 0. The number of carbonyl (C=O) groups excluding carboxylic acids is 1. The van der Waals surface area contributed by atoms with Crippen molar-refractivity contribution in [1.82, 2.24) is 9.79 Å². The predicted molar refractivity (Wildman–Crippen MR) is 53.2 cm³/mol. The molecule has 90 valence electrons. The van der Waals surface area contributed by atoms with Crippen molar-refractivity contribution >= 4 is 16.1 Å². The van der Waals surface area contributed by atoms with Gasteiger partial charge in [0.05, 0.1) is 6.26 Å². The molecule has 2 amide bonds. The molecule has 0 aliphatic rings. The molecule has 0 aliphatic heterocycles. The van der Waals surface area contributed by atoms with Crippen LogP contribution in [0, 0.1) is 0 Å². The van der Waals surface area contributed by atoms with Gasteiger partial charge in [-0.15, -0.1) is 0 Å². The first-order valence-corrected chi connectivity index (χ1v) is 5.87. The van der Waals surface area contributed by atoms with E-state index in [1.165, 1.54) is 37.7 Å². The Balaban J connectivity index is 3.18. The fourth-order valence-corrected chi connectivity index (χ4v) is 2.61. The van der Waals surface area contributed by atoms with Crippen molar-refractivity contribution in [2.75, 3.05) is 0 Å². The number of furan rings is 1. The molecule has 1 rings (SSSR count). The zero-order valence-electron chi connectivity index (χ0n) is 8.75. The topological polar surface area (TPSA) is 99.9 Å². The standard InChI is InChI=1S/C8H12N2O5S/c1-6(2)10(8(11)9-12)16(13,14)7-4-3-5-15-7/h3-6,12H,1-2H3,(H,9,11). The van der Waals surface area contributed by atoms with Crippen LogP contribution in [-0.2, 0) is 10.0 Å². The molecule has 0 unspecified atom stereocenters. The highest BCUT2D eigenvalue weighted by Gasteiger charge is 2.33. The Morgan fingerprint density at radius 2 is 2.19 bits per heavy atom. The molecule has 16 heavy (non-hydrogen) atoms. The smallest absolute Gasteiger partial charge is 0.355 e. The van der Waals surface area contributed by atoms with Crippen LogP contribution in [0.3, 0.4) is 0 Å². The van der Waals surface area contributed by atoms with Crippen molar-refractivity contribution in [2.45, 2.75) is 25.0 Å². The molecule has 1 aromatic heterocycles. The average molecular weight is 248 g/mol. The van der Waals surface area contributed by atoms with E-state index in [1.54, 1.807) is 0 Å². The molecule has 0 fully saturated rings. The minimum absolute atomic E-state index is 0.357. The van der Waals surface area contributed by atoms with E-state index in [-0.39, 0.29) is 5.09 Å². The van der Waals surface area contributed by atoms with E-state index < -0.39 is 22.1 Å². The maximum absolute atomic E-state index is 11.9. The third-order valence-electron chi connectivity index (χ3n) is 1.77. The van der Waals surface area contributed by atoms with Crippen LogP contribution in [0.5, 0.6) is 0 Å². The summed E-state index contributed by atoms with van der Waals surface area (Å²) in [6, 6.07) is 0.825. The van der Waals surface area contributed by atoms with Gasteiger partial charge >= 0.3 is 16.1 Å². The molecule has 0 bridgehead atoms. The minimum Gasteiger partial charge on any atom is -0.451 e. The highest BCUT2D eigenvalue weighted by Crippen LogP contribution is 2.18. The van der Waals surface area contributed by atoms with Crippen molar-refractivity contribution < 1.29 is 22.8 Å². The lowest BCUT2D eigenvalue weighted by Crippen LogP contribution is -2.46. The normalized spacial score (nSPS) is 11.5. The largest absolute Gasteiger partial charge is 0.451 e. The SMILES string of the molecule is CC(C)N(C(=O)NO)S(=O)(=O)c1ccco1. The number of hydrogen-bond acceptors (Lipinski definition) is 5. The molecule has 1 heterocycles. The van der Waals surface area contributed by atoms with Gasteiger partial charge in [0.2, 0.25) is 5.09 Å². The number of nitrogens with zero attached hydrogens (tertiary/aromatic N) is 1. The first-order valence-electron chi connectivity index (χ1n) is 4.43. The zero-order chi connectivity index (χ0) is 12.3. The molecule has 1 aromatic rings. The van der Waals surface area contributed by atoms with E-state index >= 15 is 0 Å². The lowest BCUT2D eigenvalue weighted by molar-refractivity contribution is 0.142. The number of nitrogens with one attached hydrogen (secondary N) is 1. The lowest BCUT2D eigenvalue weighted by atomic mass is 10.4. The molecular weight excluding hydrogens is 236 g/mol. The second-order valence-electron chi connectivity index (χ2n) is 3.24. The van der Waals surface area contributed by atoms with Crippen LogP contribution in [0.1, 0.15) is 13.8 Å². The molecule has 7 nitrogen and oxygen atoms in total. The fraction of sp³-hybridized carbons (Fsp3) is 0.375. The van der Waals surface area contributed by atoms with Gasteiger partial charge in [0.15, 0.2) is 0 Å². The predicted octanol–water partition coefficient (Wildman–Crippen LogP) is 0.777. The van der Waals surface area contributed by atoms with E-state index in [0.29, 0.717) is 4.31 Å². The van der Waals surface area contributed by atoms with Gasteiger partial charge < -0.3 is 4.42 Å². The third kappa shape index (κ3) is 2.17. The summed E-state index contributed by atoms with van der Waals surface area (Å²) in [5.41, 5.74) is 1.28. The van der Waals surface area contributed by atoms with Crippen molar-refractivity contribution in [3.63, 3.8) is 0 Å². The number of sulfonamides is 1. The average Bonchev–Trinajstić information content (AvgIpc) is 2.69. The van der Waals surface area contributed by atoms with Crippen LogP contribution in [0.2, 0.25) is 0 Å². The summed E-state index contributed by atoms with van der Waals surface area (Å²) in [5, 5.41) is 8.12. The number of amides is 2. The van der Waals surface area contributed by atoms with Gasteiger partial charge in [-0.05, 0) is 26.0 Å². The van der Waals surface area contributed by atoms with Crippen LogP contribution in [0.25, 0.3) is 0 Å². The monoisotopic (exact) mass is 248 g/mol. The van der Waals surface area contributed by atoms with E-state index in [2.05, 4.69) is 0 Å². The first kappa shape index (κ1) is 12.5. The van der Waals surface area contributed by atoms with Gasteiger partial charge in [-0.25, -0.2) is 14.6 Å². The molecule has 0 atom stereocenters. The van der Waals surface area contributed by atoms with Gasteiger partial charge in [0.1, 0.15) is 0 Å². The van der Waals surface area contributed by atoms with Crippen molar-refractivity contribution in [3.05, 3.63) is 18.4 Å². The van der Waals surface area contributed by atoms with Gasteiger partial charge in [0, 0.05) is 6.04 Å². The molecule has 0 saturated carbocycles. The lowest BCUT2D eigenvalue weighted by Gasteiger charge is -2.23. The van der Waals surface area contributed by atoms with Crippen LogP contribution >= 0.6 is 0 Å². The summed E-state index contributed by atoms with van der Waals surface area (Å²) in [7, 11) is -4.07. The molecule has 0 saturated heterocycles. The fourth-order valence-electron chi connectivity index (χ4n) is 1.18. The van der Waals surface area contributed by atoms with Crippen molar-refractivity contribution in [1.29, 1.82) is 0 Å². The van der Waals surface area contributed by atoms with E-state index in [4.69, 9.17) is 9.62 Å². The summed E-state index contributed by atoms with van der Waals surface area (Å²) in [6.45, 7) is 2.99. The molecular formula is C8H12N2O5S. The van der Waals surface area contributed by atoms with Crippen LogP contribution in [0.15, 0.2) is 27.9 Å². The van der Waals surface area contributed by atoms with Crippen LogP contribution in [-0.4, -0.2) is 30.0 Å². The molecule has 8 heteroatoms. The Labute approximate surface area is 92.7 Å². The molecule has 2 N–H and O–H groups in total. The maximum atomic E-state index is 11.9. The number of rotatable bonds is 3. The Morgan fingerprint density at radius 1 is 1.56 bits per heavy atom. The Morgan fingerprint density at radius 3 is 2.56 bits per heavy atom. The van der Waals surface area contributed by atoms with Crippen molar-refractivity contribution in [3.8, 4) is 0 Å². The summed E-state index contributed by atoms with van der Waals surface area (Å²) in [4.78, 5) is 11.2. The molecule has 0 aromatic carbocycles. The highest BCUT2D eigenvalue weighted by molar-refractivity contribution is 7.89. The Kier molecular flexibility index (Phi) is 3.55. The van der Waals surface area contributed by atoms with Gasteiger partial charge in [-0.2, -0.15) is 8.42 Å². The van der Waals surface area contributed by atoms with E-state index in [0.717, 1.165) is 0 Å². The second-order valence-corrected chi connectivity index (χ2v) is 4.99. The number of hydroxylamine groups is 1. The Hall–Kier alpha value is -1.54. The number of hydrogen-bond donors (Lipinski definition) is 2. The van der Waals surface area contributed by atoms with Crippen LogP contribution < -0.4 is 5.48 Å². The first-order chi connectivity index (χ1) is 7.41. The van der Waals surface area contributed by atoms with Gasteiger partial charge in [-0.3, -0.25) is 5.21 Å². The number of carbonyl (C=O) groups is 1. The number of urea groups is 1. The van der Waals surface area contributed by atoms with Gasteiger partial charge in [0.25, 0.3) is 0 Å². The summed E-state index contributed by atoms with van der Waals surface area (Å²) in [6.07, 6.45) is 1.18. The van der Waals surface area contributed by atoms with E-state index in [9.17, 15) is 13.2 Å². The Bertz CT molecular complexity index is 451. The van der Waals surface area contributed by atoms with Crippen LogP contribution in [0.4, 0.5) is 4.79 Å².